The Labute approximate surface area is 224 Å². The van der Waals surface area contributed by atoms with Crippen LogP contribution in [0.25, 0.3) is 0 Å². The van der Waals surface area contributed by atoms with E-state index in [4.69, 9.17) is 4.74 Å². The van der Waals surface area contributed by atoms with Crippen LogP contribution in [0.1, 0.15) is 56.7 Å². The summed E-state index contributed by atoms with van der Waals surface area (Å²) in [5.41, 5.74) is 3.21. The second kappa shape index (κ2) is 11.7. The van der Waals surface area contributed by atoms with Gasteiger partial charge in [0.2, 0.25) is 0 Å². The molecule has 5 heteroatoms. The molecule has 2 aromatic rings. The molecular weight excluding hydrogens is 456 g/mol. The van der Waals surface area contributed by atoms with Crippen molar-refractivity contribution in [3.63, 3.8) is 0 Å². The van der Waals surface area contributed by atoms with Crippen molar-refractivity contribution >= 4 is 6.72 Å². The number of rotatable bonds is 7. The zero-order valence-corrected chi connectivity index (χ0v) is 23.3. The Morgan fingerprint density at radius 2 is 1.65 bits per heavy atom. The van der Waals surface area contributed by atoms with Crippen LogP contribution < -0.4 is 4.74 Å². The summed E-state index contributed by atoms with van der Waals surface area (Å²) in [6.45, 7) is 18.3. The van der Waals surface area contributed by atoms with Gasteiger partial charge in [0, 0.05) is 56.6 Å². The van der Waals surface area contributed by atoms with Crippen LogP contribution in [0.15, 0.2) is 54.6 Å². The molecule has 0 aromatic heterocycles. The van der Waals surface area contributed by atoms with Gasteiger partial charge in [-0.25, -0.2) is 4.58 Å². The van der Waals surface area contributed by atoms with Crippen molar-refractivity contribution < 1.29 is 9.31 Å². The summed E-state index contributed by atoms with van der Waals surface area (Å²) >= 11 is 0. The molecule has 3 aliphatic rings. The van der Waals surface area contributed by atoms with Crippen LogP contribution in [0.3, 0.4) is 0 Å². The van der Waals surface area contributed by atoms with Gasteiger partial charge in [0.1, 0.15) is 25.6 Å². The first kappa shape index (κ1) is 26.4. The van der Waals surface area contributed by atoms with E-state index >= 15 is 0 Å². The molecule has 0 spiro atoms. The second-order valence-corrected chi connectivity index (χ2v) is 12.0. The van der Waals surface area contributed by atoms with E-state index in [0.717, 1.165) is 31.9 Å². The molecular formula is C32H47N4O+. The predicted octanol–water partition coefficient (Wildman–Crippen LogP) is 4.92. The van der Waals surface area contributed by atoms with Gasteiger partial charge in [-0.15, -0.1) is 0 Å². The summed E-state index contributed by atoms with van der Waals surface area (Å²) in [5, 5.41) is 0. The first-order chi connectivity index (χ1) is 17.9. The van der Waals surface area contributed by atoms with E-state index in [1.165, 1.54) is 63.0 Å². The second-order valence-electron chi connectivity index (χ2n) is 12.0. The predicted molar refractivity (Wildman–Crippen MR) is 153 cm³/mol. The van der Waals surface area contributed by atoms with Crippen molar-refractivity contribution in [1.82, 2.24) is 14.7 Å². The molecule has 0 saturated carbocycles. The SMILES string of the molecule is C=[N+]1CCC(C)(N2CCN(C(c3ccccc3)C3CCN(Cc4ccc(OC)cc4)CC3)C(C)C2)CC1. The van der Waals surface area contributed by atoms with Gasteiger partial charge in [0.05, 0.1) is 7.11 Å². The average Bonchev–Trinajstić information content (AvgIpc) is 2.93. The Morgan fingerprint density at radius 1 is 0.973 bits per heavy atom. The van der Waals surface area contributed by atoms with Crippen molar-refractivity contribution in [3.8, 4) is 5.75 Å². The first-order valence-corrected chi connectivity index (χ1v) is 14.4. The van der Waals surface area contributed by atoms with Crippen molar-refractivity contribution in [2.24, 2.45) is 5.92 Å². The quantitative estimate of drug-likeness (QED) is 0.500. The van der Waals surface area contributed by atoms with E-state index in [1.807, 2.05) is 0 Å². The summed E-state index contributed by atoms with van der Waals surface area (Å²) in [6.07, 6.45) is 5.00. The monoisotopic (exact) mass is 503 g/mol. The number of benzene rings is 2. The molecule has 37 heavy (non-hydrogen) atoms. The Kier molecular flexibility index (Phi) is 8.33. The Morgan fingerprint density at radius 3 is 2.27 bits per heavy atom. The van der Waals surface area contributed by atoms with Crippen LogP contribution in [0.4, 0.5) is 0 Å². The minimum Gasteiger partial charge on any atom is -0.497 e. The lowest BCUT2D eigenvalue weighted by molar-refractivity contribution is -0.536. The van der Waals surface area contributed by atoms with Gasteiger partial charge < -0.3 is 4.74 Å². The maximum Gasteiger partial charge on any atom is 0.144 e. The maximum absolute atomic E-state index is 5.33. The zero-order chi connectivity index (χ0) is 25.8. The van der Waals surface area contributed by atoms with Crippen molar-refractivity contribution in [3.05, 3.63) is 65.7 Å². The molecule has 0 aliphatic carbocycles. The van der Waals surface area contributed by atoms with Gasteiger partial charge in [-0.3, -0.25) is 14.7 Å². The number of piperidine rings is 2. The minimum absolute atomic E-state index is 0.323. The Hall–Kier alpha value is -2.21. The van der Waals surface area contributed by atoms with Gasteiger partial charge in [0.15, 0.2) is 0 Å². The van der Waals surface area contributed by atoms with E-state index in [2.05, 4.69) is 94.4 Å². The van der Waals surface area contributed by atoms with Gasteiger partial charge >= 0.3 is 0 Å². The van der Waals surface area contributed by atoms with Gasteiger partial charge in [-0.2, -0.15) is 0 Å². The minimum atomic E-state index is 0.323. The number of methoxy groups -OCH3 is 1. The number of hydrogen-bond acceptors (Lipinski definition) is 4. The molecule has 3 aliphatic heterocycles. The highest BCUT2D eigenvalue weighted by atomic mass is 16.5. The molecule has 0 bridgehead atoms. The molecule has 3 fully saturated rings. The first-order valence-electron chi connectivity index (χ1n) is 14.4. The summed E-state index contributed by atoms with van der Waals surface area (Å²) in [5.74, 6) is 1.64. The molecule has 2 atom stereocenters. The summed E-state index contributed by atoms with van der Waals surface area (Å²) in [7, 11) is 1.73. The molecule has 3 saturated heterocycles. The Balaban J connectivity index is 1.24. The highest BCUT2D eigenvalue weighted by Crippen LogP contribution is 2.39. The standard InChI is InChI=1S/C32H47N4O/c1-26-24-35(32(2)16-20-33(3)21-17-32)22-23-36(26)31(28-8-6-5-7-9-28)29-14-18-34(19-15-29)25-27-10-12-30(37-4)13-11-27/h5-13,26,29,31H,3,14-25H2,1-2,4H3/q+1. The third-order valence-corrected chi connectivity index (χ3v) is 9.52. The molecule has 2 unspecified atom stereocenters. The molecule has 5 rings (SSSR count). The van der Waals surface area contributed by atoms with Gasteiger partial charge in [-0.05, 0) is 69.0 Å². The molecule has 2 aromatic carbocycles. The number of nitrogens with zero attached hydrogens (tertiary/aromatic N) is 4. The zero-order valence-electron chi connectivity index (χ0n) is 23.3. The van der Waals surface area contributed by atoms with E-state index in [0.29, 0.717) is 23.5 Å². The molecule has 200 valence electrons. The van der Waals surface area contributed by atoms with Crippen LogP contribution >= 0.6 is 0 Å². The van der Waals surface area contributed by atoms with Gasteiger partial charge in [0.25, 0.3) is 0 Å². The smallest absolute Gasteiger partial charge is 0.144 e. The lowest BCUT2D eigenvalue weighted by Crippen LogP contribution is -2.62. The Bertz CT molecular complexity index is 1000. The van der Waals surface area contributed by atoms with Crippen LogP contribution in [0.5, 0.6) is 5.75 Å². The summed E-state index contributed by atoms with van der Waals surface area (Å²) in [4.78, 5) is 8.30. The van der Waals surface area contributed by atoms with Crippen molar-refractivity contribution in [1.29, 1.82) is 0 Å². The van der Waals surface area contributed by atoms with Crippen LogP contribution in [-0.4, -0.2) is 90.5 Å². The van der Waals surface area contributed by atoms with Gasteiger partial charge in [-0.1, -0.05) is 42.5 Å². The molecule has 0 N–H and O–H groups in total. The number of hydrogen-bond donors (Lipinski definition) is 0. The summed E-state index contributed by atoms with van der Waals surface area (Å²) < 4.78 is 7.58. The molecule has 5 nitrogen and oxygen atoms in total. The lowest BCUT2D eigenvalue weighted by Gasteiger charge is -2.52. The van der Waals surface area contributed by atoms with Crippen LogP contribution in [0.2, 0.25) is 0 Å². The van der Waals surface area contributed by atoms with Crippen LogP contribution in [0, 0.1) is 5.92 Å². The van der Waals surface area contributed by atoms with Crippen molar-refractivity contribution in [2.45, 2.75) is 63.7 Å². The fourth-order valence-corrected chi connectivity index (χ4v) is 7.03. The fourth-order valence-electron chi connectivity index (χ4n) is 7.03. The van der Waals surface area contributed by atoms with E-state index in [-0.39, 0.29) is 0 Å². The van der Waals surface area contributed by atoms with E-state index < -0.39 is 0 Å². The molecule has 0 radical (unpaired) electrons. The highest BCUT2D eigenvalue weighted by Gasteiger charge is 2.42. The topological polar surface area (TPSA) is 22.0 Å². The van der Waals surface area contributed by atoms with E-state index in [9.17, 15) is 0 Å². The van der Waals surface area contributed by atoms with Crippen molar-refractivity contribution in [2.75, 3.05) is 52.9 Å². The lowest BCUT2D eigenvalue weighted by atomic mass is 9.82. The summed E-state index contributed by atoms with van der Waals surface area (Å²) in [6, 6.07) is 21.0. The average molecular weight is 504 g/mol. The highest BCUT2D eigenvalue weighted by molar-refractivity contribution is 5.27. The number of ether oxygens (including phenoxy) is 1. The third kappa shape index (κ3) is 6.10. The fraction of sp³-hybridized carbons (Fsp3) is 0.594. The largest absolute Gasteiger partial charge is 0.497 e. The third-order valence-electron chi connectivity index (χ3n) is 9.52. The van der Waals surface area contributed by atoms with E-state index in [1.54, 1.807) is 7.11 Å². The molecule has 3 heterocycles. The maximum atomic E-state index is 5.33. The van der Waals surface area contributed by atoms with Crippen LogP contribution in [-0.2, 0) is 6.54 Å². The number of piperazine rings is 1. The normalized spacial score (nSPS) is 25.2. The number of likely N-dealkylation sites (tertiary alicyclic amines) is 1. The molecule has 0 amide bonds.